The van der Waals surface area contributed by atoms with Crippen molar-refractivity contribution in [1.82, 2.24) is 4.90 Å². The van der Waals surface area contributed by atoms with Crippen LogP contribution in [0, 0.1) is 6.92 Å². The van der Waals surface area contributed by atoms with E-state index in [-0.39, 0.29) is 5.63 Å². The Bertz CT molecular complexity index is 869. The number of furan rings is 1. The summed E-state index contributed by atoms with van der Waals surface area (Å²) in [5.74, 6) is 0.915. The van der Waals surface area contributed by atoms with E-state index in [1.807, 2.05) is 25.1 Å². The average molecular weight is 313 g/mol. The van der Waals surface area contributed by atoms with Crippen molar-refractivity contribution in [1.29, 1.82) is 0 Å². The maximum Gasteiger partial charge on any atom is 0.336 e. The Morgan fingerprint density at radius 3 is 2.43 bits per heavy atom. The lowest BCUT2D eigenvalue weighted by Gasteiger charge is -2.19. The van der Waals surface area contributed by atoms with Crippen LogP contribution in [0.4, 0.5) is 0 Å². The first kappa shape index (κ1) is 15.8. The maximum absolute atomic E-state index is 11.7. The van der Waals surface area contributed by atoms with Gasteiger partial charge in [-0.3, -0.25) is 4.90 Å². The topological polar surface area (TPSA) is 46.6 Å². The van der Waals surface area contributed by atoms with Crippen LogP contribution in [0.2, 0.25) is 0 Å². The van der Waals surface area contributed by atoms with E-state index >= 15 is 0 Å². The SMILES string of the molecule is CCCN(CCC)Cc1cc2c(ccc3c(C)cc(=O)oc32)o1. The van der Waals surface area contributed by atoms with Gasteiger partial charge in [0.15, 0.2) is 0 Å². The molecule has 0 fully saturated rings. The molecule has 0 unspecified atom stereocenters. The molecule has 0 amide bonds. The lowest BCUT2D eigenvalue weighted by Crippen LogP contribution is -2.24. The number of nitrogens with zero attached hydrogens (tertiary/aromatic N) is 1. The molecule has 23 heavy (non-hydrogen) atoms. The Morgan fingerprint density at radius 1 is 1.00 bits per heavy atom. The van der Waals surface area contributed by atoms with Crippen LogP contribution in [0.3, 0.4) is 0 Å². The van der Waals surface area contributed by atoms with Gasteiger partial charge in [-0.1, -0.05) is 13.8 Å². The third-order valence-corrected chi connectivity index (χ3v) is 4.12. The third kappa shape index (κ3) is 3.17. The number of fused-ring (bicyclic) bond motifs is 3. The molecular weight excluding hydrogens is 290 g/mol. The van der Waals surface area contributed by atoms with Crippen LogP contribution in [-0.4, -0.2) is 18.0 Å². The van der Waals surface area contributed by atoms with Crippen molar-refractivity contribution in [3.8, 4) is 0 Å². The fraction of sp³-hybridized carbons (Fsp3) is 0.421. The van der Waals surface area contributed by atoms with Crippen LogP contribution in [0.25, 0.3) is 21.9 Å². The fourth-order valence-corrected chi connectivity index (χ4v) is 3.14. The quantitative estimate of drug-likeness (QED) is 0.630. The summed E-state index contributed by atoms with van der Waals surface area (Å²) in [6.07, 6.45) is 2.24. The molecule has 0 radical (unpaired) electrons. The lowest BCUT2D eigenvalue weighted by atomic mass is 10.1. The molecule has 0 aliphatic rings. The van der Waals surface area contributed by atoms with Gasteiger partial charge >= 0.3 is 5.63 Å². The molecule has 0 atom stereocenters. The van der Waals surface area contributed by atoms with Crippen molar-refractivity contribution in [2.24, 2.45) is 0 Å². The number of rotatable bonds is 6. The zero-order valence-corrected chi connectivity index (χ0v) is 14.0. The molecule has 3 aromatic rings. The van der Waals surface area contributed by atoms with Crippen LogP contribution >= 0.6 is 0 Å². The van der Waals surface area contributed by atoms with E-state index in [2.05, 4.69) is 18.7 Å². The van der Waals surface area contributed by atoms with E-state index in [0.29, 0.717) is 5.58 Å². The number of benzene rings is 1. The van der Waals surface area contributed by atoms with Crippen LogP contribution in [0.1, 0.15) is 38.0 Å². The van der Waals surface area contributed by atoms with Crippen molar-refractivity contribution in [3.05, 3.63) is 46.0 Å². The molecule has 0 N–H and O–H groups in total. The molecular formula is C19H23NO3. The summed E-state index contributed by atoms with van der Waals surface area (Å²) in [7, 11) is 0. The summed E-state index contributed by atoms with van der Waals surface area (Å²) in [4.78, 5) is 14.1. The second-order valence-electron chi connectivity index (χ2n) is 6.09. The third-order valence-electron chi connectivity index (χ3n) is 4.12. The minimum atomic E-state index is -0.316. The molecule has 0 aliphatic carbocycles. The predicted molar refractivity (Wildman–Crippen MR) is 92.9 cm³/mol. The zero-order chi connectivity index (χ0) is 16.4. The first-order valence-corrected chi connectivity index (χ1v) is 8.30. The van der Waals surface area contributed by atoms with Crippen molar-refractivity contribution in [2.75, 3.05) is 13.1 Å². The standard InChI is InChI=1S/C19H23NO3/c1-4-8-20(9-5-2)12-14-11-16-17(22-14)7-6-15-13(3)10-18(21)23-19(15)16/h6-7,10-11H,4-5,8-9,12H2,1-3H3. The van der Waals surface area contributed by atoms with E-state index < -0.39 is 0 Å². The van der Waals surface area contributed by atoms with Crippen LogP contribution in [-0.2, 0) is 6.54 Å². The maximum atomic E-state index is 11.7. The van der Waals surface area contributed by atoms with Gasteiger partial charge in [0.05, 0.1) is 11.9 Å². The lowest BCUT2D eigenvalue weighted by molar-refractivity contribution is 0.247. The molecule has 2 heterocycles. The summed E-state index contributed by atoms with van der Waals surface area (Å²) in [5.41, 5.74) is 2.01. The molecule has 0 spiro atoms. The minimum absolute atomic E-state index is 0.316. The zero-order valence-electron chi connectivity index (χ0n) is 14.0. The second kappa shape index (κ2) is 6.59. The molecule has 3 rings (SSSR count). The van der Waals surface area contributed by atoms with E-state index in [9.17, 15) is 4.79 Å². The monoisotopic (exact) mass is 313 g/mol. The summed E-state index contributed by atoms with van der Waals surface area (Å²) in [5, 5.41) is 1.84. The largest absolute Gasteiger partial charge is 0.460 e. The molecule has 4 nitrogen and oxygen atoms in total. The minimum Gasteiger partial charge on any atom is -0.460 e. The molecule has 0 bridgehead atoms. The van der Waals surface area contributed by atoms with Crippen molar-refractivity contribution >= 4 is 21.9 Å². The molecule has 122 valence electrons. The molecule has 0 saturated carbocycles. The first-order chi connectivity index (χ1) is 11.1. The van der Waals surface area contributed by atoms with Crippen molar-refractivity contribution < 1.29 is 8.83 Å². The first-order valence-electron chi connectivity index (χ1n) is 8.30. The molecule has 0 saturated heterocycles. The van der Waals surface area contributed by atoms with Gasteiger partial charge in [0.1, 0.15) is 16.9 Å². The highest BCUT2D eigenvalue weighted by molar-refractivity contribution is 6.03. The van der Waals surface area contributed by atoms with Crippen LogP contribution < -0.4 is 5.63 Å². The number of aryl methyl sites for hydroxylation is 1. The van der Waals surface area contributed by atoms with Gasteiger partial charge in [-0.25, -0.2) is 4.79 Å². The summed E-state index contributed by atoms with van der Waals surface area (Å²) >= 11 is 0. The van der Waals surface area contributed by atoms with Gasteiger partial charge in [0, 0.05) is 11.5 Å². The van der Waals surface area contributed by atoms with E-state index in [0.717, 1.165) is 60.2 Å². The Balaban J connectivity index is 2.04. The number of hydrogen-bond donors (Lipinski definition) is 0. The van der Waals surface area contributed by atoms with Gasteiger partial charge in [0.2, 0.25) is 0 Å². The molecule has 0 aliphatic heterocycles. The van der Waals surface area contributed by atoms with Crippen molar-refractivity contribution in [2.45, 2.75) is 40.2 Å². The normalized spacial score (nSPS) is 11.8. The van der Waals surface area contributed by atoms with E-state index in [1.54, 1.807) is 0 Å². The average Bonchev–Trinajstić information content (AvgIpc) is 2.90. The van der Waals surface area contributed by atoms with Gasteiger partial charge in [-0.05, 0) is 56.6 Å². The highest BCUT2D eigenvalue weighted by Crippen LogP contribution is 2.29. The Labute approximate surface area is 135 Å². The van der Waals surface area contributed by atoms with Crippen LogP contribution in [0.15, 0.2) is 37.9 Å². The summed E-state index contributed by atoms with van der Waals surface area (Å²) in [6.45, 7) is 9.20. The van der Waals surface area contributed by atoms with Gasteiger partial charge in [-0.2, -0.15) is 0 Å². The van der Waals surface area contributed by atoms with Crippen molar-refractivity contribution in [3.63, 3.8) is 0 Å². The van der Waals surface area contributed by atoms with E-state index in [4.69, 9.17) is 8.83 Å². The highest BCUT2D eigenvalue weighted by Gasteiger charge is 2.13. The fourth-order valence-electron chi connectivity index (χ4n) is 3.14. The molecule has 2 aromatic heterocycles. The van der Waals surface area contributed by atoms with Gasteiger partial charge in [-0.15, -0.1) is 0 Å². The van der Waals surface area contributed by atoms with E-state index in [1.165, 1.54) is 6.07 Å². The molecule has 4 heteroatoms. The summed E-state index contributed by atoms with van der Waals surface area (Å²) < 4.78 is 11.4. The Hall–Kier alpha value is -2.07. The van der Waals surface area contributed by atoms with Gasteiger partial charge in [0.25, 0.3) is 0 Å². The number of hydrogen-bond acceptors (Lipinski definition) is 4. The highest BCUT2D eigenvalue weighted by atomic mass is 16.4. The van der Waals surface area contributed by atoms with Crippen LogP contribution in [0.5, 0.6) is 0 Å². The Morgan fingerprint density at radius 2 is 1.74 bits per heavy atom. The second-order valence-corrected chi connectivity index (χ2v) is 6.09. The molecule has 1 aromatic carbocycles. The summed E-state index contributed by atoms with van der Waals surface area (Å²) in [6, 6.07) is 7.45. The van der Waals surface area contributed by atoms with Gasteiger partial charge < -0.3 is 8.83 Å². The predicted octanol–water partition coefficient (Wildman–Crippen LogP) is 4.47. The smallest absolute Gasteiger partial charge is 0.336 e. The Kier molecular flexibility index (Phi) is 4.53.